The van der Waals surface area contributed by atoms with Gasteiger partial charge in [-0.3, -0.25) is 14.6 Å². The van der Waals surface area contributed by atoms with Crippen molar-refractivity contribution in [1.29, 1.82) is 0 Å². The molecule has 0 aromatic carbocycles. The molecule has 5 nitrogen and oxygen atoms in total. The number of halogens is 1. The third-order valence-corrected chi connectivity index (χ3v) is 4.84. The molecular formula is C28H38ClN3O2. The number of hydrogen-bond donors (Lipinski definition) is 2. The number of nitrogens with one attached hydrogen (secondary N) is 2. The van der Waals surface area contributed by atoms with E-state index >= 15 is 0 Å². The monoisotopic (exact) mass is 483 g/mol. The molecule has 2 N–H and O–H groups in total. The molecule has 0 aliphatic heterocycles. The van der Waals surface area contributed by atoms with E-state index in [9.17, 15) is 9.59 Å². The summed E-state index contributed by atoms with van der Waals surface area (Å²) in [6, 6.07) is 1.55. The summed E-state index contributed by atoms with van der Waals surface area (Å²) in [6.45, 7) is 2.89. The number of pyridine rings is 1. The van der Waals surface area contributed by atoms with E-state index in [-0.39, 0.29) is 11.8 Å². The number of allylic oxidation sites excluding steroid dienone is 10. The van der Waals surface area contributed by atoms with Crippen molar-refractivity contribution in [3.63, 3.8) is 0 Å². The number of carbonyl (C=O) groups is 2. The van der Waals surface area contributed by atoms with E-state index in [1.54, 1.807) is 6.07 Å². The number of nitrogens with zero attached hydrogens (tertiary/aromatic N) is 1. The van der Waals surface area contributed by atoms with Gasteiger partial charge in [0.05, 0.1) is 10.6 Å². The van der Waals surface area contributed by atoms with E-state index in [4.69, 9.17) is 11.6 Å². The summed E-state index contributed by atoms with van der Waals surface area (Å²) < 4.78 is 0. The summed E-state index contributed by atoms with van der Waals surface area (Å²) in [5, 5.41) is 5.95. The molecule has 0 atom stereocenters. The Hall–Kier alpha value is -2.92. The topological polar surface area (TPSA) is 71.1 Å². The van der Waals surface area contributed by atoms with Gasteiger partial charge < -0.3 is 10.6 Å². The zero-order valence-electron chi connectivity index (χ0n) is 20.2. The Morgan fingerprint density at radius 2 is 1.38 bits per heavy atom. The number of rotatable bonds is 17. The zero-order valence-corrected chi connectivity index (χ0v) is 21.0. The molecular weight excluding hydrogens is 446 g/mol. The Balaban J connectivity index is 1.98. The van der Waals surface area contributed by atoms with Gasteiger partial charge in [-0.1, -0.05) is 79.3 Å². The standard InChI is InChI=1S/C28H38ClN3O2/c1-2-3-4-5-6-7-8-9-10-11-12-13-14-15-16-17-18-19-27(33)31-20-21-32-28(34)25-22-26(29)24-30-23-25/h3-4,6-7,9-10,12-13,15-16,22-24H,2,5,8,11,14,17-21H2,1H3,(H,31,33)(H,32,34)/b4-3-,7-6-,10-9-,13-12-,16-15-. The molecule has 6 heteroatoms. The lowest BCUT2D eigenvalue weighted by atomic mass is 10.2. The van der Waals surface area contributed by atoms with Crippen LogP contribution in [-0.2, 0) is 4.79 Å². The largest absolute Gasteiger partial charge is 0.354 e. The van der Waals surface area contributed by atoms with Gasteiger partial charge in [0.15, 0.2) is 0 Å². The van der Waals surface area contributed by atoms with Crippen LogP contribution in [-0.4, -0.2) is 29.9 Å². The maximum atomic E-state index is 11.9. The van der Waals surface area contributed by atoms with Crippen molar-refractivity contribution < 1.29 is 9.59 Å². The number of amides is 2. The second kappa shape index (κ2) is 20.7. The summed E-state index contributed by atoms with van der Waals surface area (Å²) >= 11 is 5.82. The minimum absolute atomic E-state index is 0.00831. The van der Waals surface area contributed by atoms with Crippen LogP contribution in [0.2, 0.25) is 5.02 Å². The highest BCUT2D eigenvalue weighted by Gasteiger charge is 2.06. The highest BCUT2D eigenvalue weighted by molar-refractivity contribution is 6.30. The predicted octanol–water partition coefficient (Wildman–Crippen LogP) is 6.50. The first-order chi connectivity index (χ1) is 16.6. The number of hydrogen-bond acceptors (Lipinski definition) is 3. The van der Waals surface area contributed by atoms with Crippen molar-refractivity contribution >= 4 is 23.4 Å². The Morgan fingerprint density at radius 3 is 1.97 bits per heavy atom. The molecule has 1 heterocycles. The molecule has 0 fully saturated rings. The van der Waals surface area contributed by atoms with Gasteiger partial charge in [0.1, 0.15) is 0 Å². The smallest absolute Gasteiger partial charge is 0.252 e. The SMILES string of the molecule is CC/C=C\C/C=C\C/C=C\C/C=C\C/C=C\CCCC(=O)NCCNC(=O)c1cncc(Cl)c1. The molecule has 1 aromatic heterocycles. The van der Waals surface area contributed by atoms with Crippen molar-refractivity contribution in [3.8, 4) is 0 Å². The third kappa shape index (κ3) is 16.7. The van der Waals surface area contributed by atoms with Gasteiger partial charge >= 0.3 is 0 Å². The van der Waals surface area contributed by atoms with Crippen LogP contribution in [0.4, 0.5) is 0 Å². The van der Waals surface area contributed by atoms with Gasteiger partial charge in [0.25, 0.3) is 5.91 Å². The zero-order chi connectivity index (χ0) is 24.7. The van der Waals surface area contributed by atoms with E-state index in [1.165, 1.54) is 12.4 Å². The average Bonchev–Trinajstić information content (AvgIpc) is 2.83. The predicted molar refractivity (Wildman–Crippen MR) is 143 cm³/mol. The fourth-order valence-electron chi connectivity index (χ4n) is 2.85. The van der Waals surface area contributed by atoms with Crippen LogP contribution < -0.4 is 10.6 Å². The van der Waals surface area contributed by atoms with Crippen LogP contribution in [0.3, 0.4) is 0 Å². The Morgan fingerprint density at radius 1 is 0.824 bits per heavy atom. The molecule has 0 spiro atoms. The summed E-state index contributed by atoms with van der Waals surface area (Å²) in [5.74, 6) is -0.270. The molecule has 2 amide bonds. The number of aromatic nitrogens is 1. The highest BCUT2D eigenvalue weighted by Crippen LogP contribution is 2.08. The molecule has 0 saturated carbocycles. The quantitative estimate of drug-likeness (QED) is 0.196. The summed E-state index contributed by atoms with van der Waals surface area (Å²) in [4.78, 5) is 27.7. The minimum Gasteiger partial charge on any atom is -0.354 e. The molecule has 1 aromatic rings. The fraction of sp³-hybridized carbons (Fsp3) is 0.393. The molecule has 1 rings (SSSR count). The first-order valence-electron chi connectivity index (χ1n) is 12.0. The van der Waals surface area contributed by atoms with E-state index in [0.29, 0.717) is 30.1 Å². The van der Waals surface area contributed by atoms with Crippen molar-refractivity contribution in [1.82, 2.24) is 15.6 Å². The van der Waals surface area contributed by atoms with Gasteiger partial charge in [-0.2, -0.15) is 0 Å². The third-order valence-electron chi connectivity index (χ3n) is 4.63. The van der Waals surface area contributed by atoms with Crippen LogP contribution in [0.1, 0.15) is 68.6 Å². The van der Waals surface area contributed by atoms with Crippen LogP contribution in [0.25, 0.3) is 0 Å². The molecule has 0 aliphatic rings. The lowest BCUT2D eigenvalue weighted by molar-refractivity contribution is -0.121. The molecule has 34 heavy (non-hydrogen) atoms. The van der Waals surface area contributed by atoms with Crippen LogP contribution in [0.15, 0.2) is 79.2 Å². The van der Waals surface area contributed by atoms with Crippen LogP contribution in [0, 0.1) is 0 Å². The number of carbonyl (C=O) groups excluding carboxylic acids is 2. The van der Waals surface area contributed by atoms with E-state index in [1.807, 2.05) is 0 Å². The van der Waals surface area contributed by atoms with Gasteiger partial charge in [-0.25, -0.2) is 0 Å². The Labute approximate surface area is 209 Å². The second-order valence-corrected chi connectivity index (χ2v) is 8.03. The fourth-order valence-corrected chi connectivity index (χ4v) is 3.03. The Bertz CT molecular complexity index is 857. The second-order valence-electron chi connectivity index (χ2n) is 7.60. The Kier molecular flexibility index (Phi) is 17.7. The van der Waals surface area contributed by atoms with Crippen molar-refractivity contribution in [2.24, 2.45) is 0 Å². The first-order valence-corrected chi connectivity index (χ1v) is 12.4. The van der Waals surface area contributed by atoms with E-state index in [2.05, 4.69) is 83.3 Å². The van der Waals surface area contributed by atoms with Crippen molar-refractivity contribution in [2.75, 3.05) is 13.1 Å². The molecule has 0 radical (unpaired) electrons. The van der Waals surface area contributed by atoms with Gasteiger partial charge in [0.2, 0.25) is 5.91 Å². The molecule has 184 valence electrons. The van der Waals surface area contributed by atoms with E-state index in [0.717, 1.165) is 44.9 Å². The van der Waals surface area contributed by atoms with Crippen molar-refractivity contribution in [2.45, 2.75) is 58.3 Å². The highest BCUT2D eigenvalue weighted by atomic mass is 35.5. The molecule has 0 saturated heterocycles. The molecule has 0 unspecified atom stereocenters. The lowest BCUT2D eigenvalue weighted by Crippen LogP contribution is -2.34. The molecule has 0 bridgehead atoms. The summed E-state index contributed by atoms with van der Waals surface area (Å²) in [6.07, 6.45) is 31.8. The lowest BCUT2D eigenvalue weighted by Gasteiger charge is -2.07. The van der Waals surface area contributed by atoms with Crippen LogP contribution >= 0.6 is 11.6 Å². The normalized spacial score (nSPS) is 12.1. The van der Waals surface area contributed by atoms with E-state index < -0.39 is 0 Å². The van der Waals surface area contributed by atoms with Gasteiger partial charge in [-0.05, 0) is 51.0 Å². The number of unbranched alkanes of at least 4 members (excludes halogenated alkanes) is 1. The van der Waals surface area contributed by atoms with Crippen LogP contribution in [0.5, 0.6) is 0 Å². The minimum atomic E-state index is -0.261. The van der Waals surface area contributed by atoms with Crippen molar-refractivity contribution in [3.05, 3.63) is 89.8 Å². The van der Waals surface area contributed by atoms with Gasteiger partial charge in [-0.15, -0.1) is 0 Å². The maximum absolute atomic E-state index is 11.9. The van der Waals surface area contributed by atoms with Gasteiger partial charge in [0, 0.05) is 31.9 Å². The average molecular weight is 484 g/mol. The maximum Gasteiger partial charge on any atom is 0.252 e. The molecule has 0 aliphatic carbocycles. The summed E-state index contributed by atoms with van der Waals surface area (Å²) in [5.41, 5.74) is 0.399. The first kappa shape index (κ1) is 29.1. The summed E-state index contributed by atoms with van der Waals surface area (Å²) in [7, 11) is 0.